The Kier molecular flexibility index (Phi) is 3.26. The summed E-state index contributed by atoms with van der Waals surface area (Å²) in [7, 11) is 0. The van der Waals surface area contributed by atoms with E-state index in [4.69, 9.17) is 11.6 Å². The van der Waals surface area contributed by atoms with Gasteiger partial charge in [0.1, 0.15) is 0 Å². The highest BCUT2D eigenvalue weighted by Crippen LogP contribution is 2.27. The van der Waals surface area contributed by atoms with Crippen molar-refractivity contribution in [3.63, 3.8) is 0 Å². The summed E-state index contributed by atoms with van der Waals surface area (Å²) in [4.78, 5) is 1.32. The highest BCUT2D eigenvalue weighted by atomic mass is 35.5. The van der Waals surface area contributed by atoms with E-state index in [9.17, 15) is 0 Å². The summed E-state index contributed by atoms with van der Waals surface area (Å²) < 4.78 is 0.873. The van der Waals surface area contributed by atoms with E-state index in [1.54, 1.807) is 11.3 Å². The van der Waals surface area contributed by atoms with Crippen molar-refractivity contribution in [1.29, 1.82) is 0 Å². The molecule has 1 aliphatic carbocycles. The molecule has 0 radical (unpaired) electrons. The first-order chi connectivity index (χ1) is 6.75. The maximum Gasteiger partial charge on any atom is 0.0931 e. The first-order valence-electron chi connectivity index (χ1n) is 4.92. The van der Waals surface area contributed by atoms with Crippen molar-refractivity contribution in [1.82, 2.24) is 5.32 Å². The van der Waals surface area contributed by atoms with Gasteiger partial charge in [-0.15, -0.1) is 11.3 Å². The third kappa shape index (κ3) is 2.38. The average Bonchev–Trinajstić information content (AvgIpc) is 2.75. The molecule has 0 aromatic carbocycles. The van der Waals surface area contributed by atoms with Crippen molar-refractivity contribution >= 4 is 22.9 Å². The summed E-state index contributed by atoms with van der Waals surface area (Å²) >= 11 is 7.56. The smallest absolute Gasteiger partial charge is 0.0931 e. The van der Waals surface area contributed by atoms with Crippen LogP contribution in [0.15, 0.2) is 24.3 Å². The van der Waals surface area contributed by atoms with Gasteiger partial charge in [0.2, 0.25) is 0 Å². The fourth-order valence-corrected chi connectivity index (χ4v) is 2.82. The second-order valence-electron chi connectivity index (χ2n) is 3.67. The lowest BCUT2D eigenvalue weighted by Gasteiger charge is -2.17. The van der Waals surface area contributed by atoms with Crippen LogP contribution in [0.4, 0.5) is 0 Å². The molecule has 0 saturated carbocycles. The van der Waals surface area contributed by atoms with Crippen LogP contribution in [0.1, 0.15) is 30.7 Å². The average molecular weight is 228 g/mol. The lowest BCUT2D eigenvalue weighted by molar-refractivity contribution is 0.476. The molecule has 3 heteroatoms. The molecule has 0 amide bonds. The summed E-state index contributed by atoms with van der Waals surface area (Å²) in [6, 6.07) is 5.10. The molecule has 1 aromatic rings. The van der Waals surface area contributed by atoms with Gasteiger partial charge >= 0.3 is 0 Å². The molecule has 1 nitrogen and oxygen atoms in total. The van der Waals surface area contributed by atoms with Crippen LogP contribution in [-0.2, 0) is 0 Å². The van der Waals surface area contributed by atoms with Crippen molar-refractivity contribution < 1.29 is 0 Å². The number of halogens is 1. The van der Waals surface area contributed by atoms with Crippen LogP contribution in [0.2, 0.25) is 4.34 Å². The van der Waals surface area contributed by atoms with Crippen molar-refractivity contribution in [3.8, 4) is 0 Å². The number of hydrogen-bond acceptors (Lipinski definition) is 2. The molecule has 0 spiro atoms. The van der Waals surface area contributed by atoms with Gasteiger partial charge < -0.3 is 5.32 Å². The summed E-state index contributed by atoms with van der Waals surface area (Å²) in [5.41, 5.74) is 0. The van der Waals surface area contributed by atoms with E-state index in [1.807, 2.05) is 6.07 Å². The van der Waals surface area contributed by atoms with E-state index < -0.39 is 0 Å². The van der Waals surface area contributed by atoms with Crippen LogP contribution >= 0.6 is 22.9 Å². The van der Waals surface area contributed by atoms with Crippen molar-refractivity contribution in [2.75, 3.05) is 0 Å². The largest absolute Gasteiger partial charge is 0.306 e. The van der Waals surface area contributed by atoms with Crippen molar-refractivity contribution in [2.45, 2.75) is 31.8 Å². The summed E-state index contributed by atoms with van der Waals surface area (Å²) in [5, 5.41) is 3.60. The van der Waals surface area contributed by atoms with E-state index in [1.165, 1.54) is 4.88 Å². The SMILES string of the molecule is CC(NC1CC=CC1)c1ccc(Cl)s1. The third-order valence-corrected chi connectivity index (χ3v) is 3.93. The van der Waals surface area contributed by atoms with Crippen LogP contribution < -0.4 is 5.32 Å². The van der Waals surface area contributed by atoms with Gasteiger partial charge in [0, 0.05) is 17.0 Å². The number of hydrogen-bond donors (Lipinski definition) is 1. The van der Waals surface area contributed by atoms with Crippen LogP contribution in [0.3, 0.4) is 0 Å². The second kappa shape index (κ2) is 4.47. The molecule has 2 rings (SSSR count). The Morgan fingerprint density at radius 1 is 1.43 bits per heavy atom. The monoisotopic (exact) mass is 227 g/mol. The minimum Gasteiger partial charge on any atom is -0.306 e. The zero-order valence-corrected chi connectivity index (χ0v) is 9.74. The Morgan fingerprint density at radius 2 is 2.14 bits per heavy atom. The molecule has 1 heterocycles. The quantitative estimate of drug-likeness (QED) is 0.776. The van der Waals surface area contributed by atoms with E-state index in [2.05, 4.69) is 30.5 Å². The number of nitrogens with one attached hydrogen (secondary N) is 1. The highest BCUT2D eigenvalue weighted by molar-refractivity contribution is 7.16. The Morgan fingerprint density at radius 3 is 2.71 bits per heavy atom. The van der Waals surface area contributed by atoms with Gasteiger partial charge in [0.15, 0.2) is 0 Å². The molecular formula is C11H14ClNS. The first-order valence-corrected chi connectivity index (χ1v) is 6.11. The van der Waals surface area contributed by atoms with Crippen LogP contribution in [0.5, 0.6) is 0 Å². The van der Waals surface area contributed by atoms with Gasteiger partial charge in [0.05, 0.1) is 4.34 Å². The van der Waals surface area contributed by atoms with Gasteiger partial charge in [-0.3, -0.25) is 0 Å². The zero-order valence-electron chi connectivity index (χ0n) is 8.16. The molecule has 1 aromatic heterocycles. The zero-order chi connectivity index (χ0) is 9.97. The predicted molar refractivity (Wildman–Crippen MR) is 63.0 cm³/mol. The highest BCUT2D eigenvalue weighted by Gasteiger charge is 2.15. The first kappa shape index (κ1) is 10.2. The fraction of sp³-hybridized carbons (Fsp3) is 0.455. The standard InChI is InChI=1S/C11H14ClNS/c1-8(10-6-7-11(12)14-10)13-9-4-2-3-5-9/h2-3,6-9,13H,4-5H2,1H3. The van der Waals surface area contributed by atoms with E-state index in [-0.39, 0.29) is 0 Å². The molecular weight excluding hydrogens is 214 g/mol. The van der Waals surface area contributed by atoms with Gasteiger partial charge in [-0.2, -0.15) is 0 Å². The Hall–Kier alpha value is -0.310. The molecule has 1 aliphatic rings. The summed E-state index contributed by atoms with van der Waals surface area (Å²) in [6.07, 6.45) is 6.80. The van der Waals surface area contributed by atoms with Gasteiger partial charge in [-0.25, -0.2) is 0 Å². The molecule has 0 aliphatic heterocycles. The van der Waals surface area contributed by atoms with Crippen molar-refractivity contribution in [2.24, 2.45) is 0 Å². The molecule has 76 valence electrons. The van der Waals surface area contributed by atoms with Crippen LogP contribution in [0, 0.1) is 0 Å². The number of thiophene rings is 1. The Bertz CT molecular complexity index is 324. The van der Waals surface area contributed by atoms with Crippen LogP contribution in [0.25, 0.3) is 0 Å². The van der Waals surface area contributed by atoms with E-state index >= 15 is 0 Å². The minimum absolute atomic E-state index is 0.414. The second-order valence-corrected chi connectivity index (χ2v) is 5.42. The molecule has 0 saturated heterocycles. The lowest BCUT2D eigenvalue weighted by Crippen LogP contribution is -2.28. The van der Waals surface area contributed by atoms with E-state index in [0.717, 1.165) is 17.2 Å². The maximum atomic E-state index is 5.90. The fourth-order valence-electron chi connectivity index (χ4n) is 1.75. The van der Waals surface area contributed by atoms with Gasteiger partial charge in [0.25, 0.3) is 0 Å². The lowest BCUT2D eigenvalue weighted by atomic mass is 10.2. The Balaban J connectivity index is 1.92. The summed E-state index contributed by atoms with van der Waals surface area (Å²) in [5.74, 6) is 0. The molecule has 1 unspecified atom stereocenters. The normalized spacial score (nSPS) is 19.0. The topological polar surface area (TPSA) is 12.0 Å². The minimum atomic E-state index is 0.414. The molecule has 14 heavy (non-hydrogen) atoms. The predicted octanol–water partition coefficient (Wildman–Crippen LogP) is 3.77. The van der Waals surface area contributed by atoms with Crippen LogP contribution in [-0.4, -0.2) is 6.04 Å². The van der Waals surface area contributed by atoms with Gasteiger partial charge in [-0.05, 0) is 31.9 Å². The number of rotatable bonds is 3. The molecule has 0 fully saturated rings. The van der Waals surface area contributed by atoms with Crippen molar-refractivity contribution in [3.05, 3.63) is 33.5 Å². The van der Waals surface area contributed by atoms with Gasteiger partial charge in [-0.1, -0.05) is 23.8 Å². The summed E-state index contributed by atoms with van der Waals surface area (Å²) in [6.45, 7) is 2.19. The molecule has 1 N–H and O–H groups in total. The molecule has 1 atom stereocenters. The third-order valence-electron chi connectivity index (χ3n) is 2.51. The van der Waals surface area contributed by atoms with E-state index in [0.29, 0.717) is 12.1 Å². The maximum absolute atomic E-state index is 5.90. The Labute approximate surface area is 93.8 Å². The molecule has 0 bridgehead atoms.